The molecule has 0 unspecified atom stereocenters. The molecule has 0 bridgehead atoms. The van der Waals surface area contributed by atoms with Crippen LogP contribution in [0.5, 0.6) is 0 Å². The van der Waals surface area contributed by atoms with E-state index in [-0.39, 0.29) is 5.69 Å². The van der Waals surface area contributed by atoms with Crippen molar-refractivity contribution in [2.45, 2.75) is 13.3 Å². The lowest BCUT2D eigenvalue weighted by molar-refractivity contribution is 0.0687. The third-order valence-corrected chi connectivity index (χ3v) is 2.92. The lowest BCUT2D eigenvalue weighted by Crippen LogP contribution is -2.08. The van der Waals surface area contributed by atoms with Crippen LogP contribution in [0.25, 0.3) is 17.1 Å². The van der Waals surface area contributed by atoms with Gasteiger partial charge in [-0.25, -0.2) is 14.3 Å². The second-order valence-corrected chi connectivity index (χ2v) is 4.07. The summed E-state index contributed by atoms with van der Waals surface area (Å²) in [6, 6.07) is 4.94. The lowest BCUT2D eigenvalue weighted by Gasteiger charge is -2.03. The molecule has 0 saturated carbocycles. The van der Waals surface area contributed by atoms with Crippen LogP contribution in [0.15, 0.2) is 35.1 Å². The molecule has 0 aliphatic heterocycles. The van der Waals surface area contributed by atoms with Crippen LogP contribution in [-0.2, 0) is 6.42 Å². The summed E-state index contributed by atoms with van der Waals surface area (Å²) in [7, 11) is 0. The van der Waals surface area contributed by atoms with Crippen LogP contribution in [0.3, 0.4) is 0 Å². The Balaban J connectivity index is 2.33. The second kappa shape index (κ2) is 4.24. The minimum Gasteiger partial charge on any atom is -0.477 e. The number of rotatable bonds is 3. The van der Waals surface area contributed by atoms with Crippen LogP contribution in [0.4, 0.5) is 0 Å². The zero-order valence-electron chi connectivity index (χ0n) is 10.2. The largest absolute Gasteiger partial charge is 0.477 e. The highest BCUT2D eigenvalue weighted by Gasteiger charge is 2.16. The maximum atomic E-state index is 11.3. The van der Waals surface area contributed by atoms with Crippen molar-refractivity contribution < 1.29 is 14.3 Å². The van der Waals surface area contributed by atoms with E-state index in [1.165, 1.54) is 16.8 Å². The van der Waals surface area contributed by atoms with Crippen LogP contribution in [0.2, 0.25) is 0 Å². The number of nitrogens with zero attached hydrogens (tertiary/aromatic N) is 3. The number of furan rings is 1. The van der Waals surface area contributed by atoms with E-state index in [1.54, 1.807) is 18.3 Å². The van der Waals surface area contributed by atoms with Crippen molar-refractivity contribution in [3.05, 3.63) is 41.9 Å². The van der Waals surface area contributed by atoms with Gasteiger partial charge in [-0.2, -0.15) is 5.10 Å². The number of aromatic nitrogens is 3. The Morgan fingerprint density at radius 1 is 1.53 bits per heavy atom. The molecule has 0 aromatic carbocycles. The number of aryl methyl sites for hydroxylation is 1. The number of fused-ring (bicyclic) bond motifs is 1. The molecule has 3 heterocycles. The summed E-state index contributed by atoms with van der Waals surface area (Å²) >= 11 is 0. The van der Waals surface area contributed by atoms with Crippen molar-refractivity contribution in [2.24, 2.45) is 0 Å². The van der Waals surface area contributed by atoms with E-state index in [0.717, 1.165) is 12.0 Å². The van der Waals surface area contributed by atoms with Gasteiger partial charge in [-0.3, -0.25) is 0 Å². The van der Waals surface area contributed by atoms with Gasteiger partial charge in [0.2, 0.25) is 0 Å². The molecular weight excluding hydrogens is 246 g/mol. The average molecular weight is 257 g/mol. The smallest absolute Gasteiger partial charge is 0.354 e. The van der Waals surface area contributed by atoms with Crippen molar-refractivity contribution in [1.82, 2.24) is 14.6 Å². The first-order chi connectivity index (χ1) is 9.20. The highest BCUT2D eigenvalue weighted by Crippen LogP contribution is 2.21. The number of hydrogen-bond donors (Lipinski definition) is 1. The van der Waals surface area contributed by atoms with E-state index in [9.17, 15) is 9.90 Å². The van der Waals surface area contributed by atoms with Gasteiger partial charge >= 0.3 is 5.97 Å². The van der Waals surface area contributed by atoms with Crippen LogP contribution in [-0.4, -0.2) is 25.7 Å². The second-order valence-electron chi connectivity index (χ2n) is 4.07. The fourth-order valence-corrected chi connectivity index (χ4v) is 1.96. The molecule has 0 saturated heterocycles. The molecule has 0 atom stereocenters. The van der Waals surface area contributed by atoms with E-state index in [2.05, 4.69) is 10.1 Å². The van der Waals surface area contributed by atoms with Gasteiger partial charge < -0.3 is 9.52 Å². The molecule has 3 rings (SSSR count). The van der Waals surface area contributed by atoms with Gasteiger partial charge in [0.25, 0.3) is 0 Å². The van der Waals surface area contributed by atoms with E-state index >= 15 is 0 Å². The summed E-state index contributed by atoms with van der Waals surface area (Å²) in [5.41, 5.74) is 2.01. The van der Waals surface area contributed by atoms with Gasteiger partial charge in [0.15, 0.2) is 17.1 Å². The van der Waals surface area contributed by atoms with Crippen molar-refractivity contribution in [1.29, 1.82) is 0 Å². The molecule has 0 aliphatic rings. The molecule has 0 fully saturated rings. The molecular formula is C13H11N3O3. The van der Waals surface area contributed by atoms with E-state index in [1.807, 2.05) is 6.92 Å². The molecule has 0 spiro atoms. The Morgan fingerprint density at radius 3 is 3.00 bits per heavy atom. The molecule has 1 N–H and O–H groups in total. The van der Waals surface area contributed by atoms with Crippen LogP contribution in [0, 0.1) is 0 Å². The Labute approximate surface area is 108 Å². The monoisotopic (exact) mass is 257 g/mol. The topological polar surface area (TPSA) is 80.6 Å². The minimum atomic E-state index is -1.05. The summed E-state index contributed by atoms with van der Waals surface area (Å²) < 4.78 is 6.61. The lowest BCUT2D eigenvalue weighted by atomic mass is 10.2. The normalized spacial score (nSPS) is 11.0. The standard InChI is InChI=1S/C13H11N3O3/c1-2-8-7-14-16-10(13(17)18)6-9(15-12(8)16)11-4-3-5-19-11/h3-7H,2H2,1H3,(H,17,18). The van der Waals surface area contributed by atoms with Gasteiger partial charge in [0.05, 0.1) is 12.5 Å². The minimum absolute atomic E-state index is 0.0658. The van der Waals surface area contributed by atoms with Crippen molar-refractivity contribution in [3.63, 3.8) is 0 Å². The number of hydrogen-bond acceptors (Lipinski definition) is 4. The number of carbonyl (C=O) groups is 1. The Kier molecular flexibility index (Phi) is 2.56. The maximum Gasteiger partial charge on any atom is 0.354 e. The van der Waals surface area contributed by atoms with Crippen LogP contribution < -0.4 is 0 Å². The SMILES string of the molecule is CCc1cnn2c(C(=O)O)cc(-c3ccco3)nc12. The fraction of sp³-hybridized carbons (Fsp3) is 0.154. The van der Waals surface area contributed by atoms with Crippen LogP contribution in [0.1, 0.15) is 23.0 Å². The average Bonchev–Trinajstić information content (AvgIpc) is 3.06. The summed E-state index contributed by atoms with van der Waals surface area (Å²) in [6.45, 7) is 1.97. The molecule has 6 nitrogen and oxygen atoms in total. The van der Waals surface area contributed by atoms with Gasteiger partial charge in [-0.1, -0.05) is 6.92 Å². The van der Waals surface area contributed by atoms with Gasteiger partial charge in [-0.15, -0.1) is 0 Å². The zero-order chi connectivity index (χ0) is 13.4. The molecule has 3 aromatic heterocycles. The molecule has 0 radical (unpaired) electrons. The molecule has 3 aromatic rings. The Morgan fingerprint density at radius 2 is 2.37 bits per heavy atom. The summed E-state index contributed by atoms with van der Waals surface area (Å²) in [5, 5.41) is 13.3. The summed E-state index contributed by atoms with van der Waals surface area (Å²) in [5.74, 6) is -0.515. The quantitative estimate of drug-likeness (QED) is 0.778. The maximum absolute atomic E-state index is 11.3. The predicted octanol–water partition coefficient (Wildman–Crippen LogP) is 2.25. The van der Waals surface area contributed by atoms with E-state index in [4.69, 9.17) is 4.42 Å². The molecule has 96 valence electrons. The number of aromatic carboxylic acids is 1. The highest BCUT2D eigenvalue weighted by molar-refractivity contribution is 5.88. The molecule has 6 heteroatoms. The molecule has 0 aliphatic carbocycles. The Bertz CT molecular complexity index is 744. The Hall–Kier alpha value is -2.63. The van der Waals surface area contributed by atoms with Crippen molar-refractivity contribution >= 4 is 11.6 Å². The van der Waals surface area contributed by atoms with Gasteiger partial charge in [-0.05, 0) is 18.6 Å². The highest BCUT2D eigenvalue weighted by atomic mass is 16.4. The number of carboxylic acid groups (broad SMARTS) is 1. The van der Waals surface area contributed by atoms with Crippen molar-refractivity contribution in [3.8, 4) is 11.5 Å². The fourth-order valence-electron chi connectivity index (χ4n) is 1.96. The first-order valence-corrected chi connectivity index (χ1v) is 5.85. The molecule has 19 heavy (non-hydrogen) atoms. The van der Waals surface area contributed by atoms with Crippen LogP contribution >= 0.6 is 0 Å². The van der Waals surface area contributed by atoms with E-state index < -0.39 is 5.97 Å². The first kappa shape index (κ1) is 11.5. The predicted molar refractivity (Wildman–Crippen MR) is 67.0 cm³/mol. The van der Waals surface area contributed by atoms with E-state index in [0.29, 0.717) is 17.1 Å². The zero-order valence-corrected chi connectivity index (χ0v) is 10.2. The van der Waals surface area contributed by atoms with Gasteiger partial charge in [0, 0.05) is 11.6 Å². The summed E-state index contributed by atoms with van der Waals surface area (Å²) in [4.78, 5) is 15.7. The van der Waals surface area contributed by atoms with Crippen molar-refractivity contribution in [2.75, 3.05) is 0 Å². The third-order valence-electron chi connectivity index (χ3n) is 2.92. The van der Waals surface area contributed by atoms with Gasteiger partial charge in [0.1, 0.15) is 5.69 Å². The first-order valence-electron chi connectivity index (χ1n) is 5.85. The number of carboxylic acids is 1. The third kappa shape index (κ3) is 1.77. The molecule has 0 amide bonds. The summed E-state index contributed by atoms with van der Waals surface area (Å²) in [6.07, 6.45) is 3.90.